The van der Waals surface area contributed by atoms with Gasteiger partial charge in [-0.1, -0.05) is 6.07 Å². The van der Waals surface area contributed by atoms with Gasteiger partial charge in [0.25, 0.3) is 0 Å². The van der Waals surface area contributed by atoms with Crippen molar-refractivity contribution < 1.29 is 9.84 Å². The summed E-state index contributed by atoms with van der Waals surface area (Å²) in [4.78, 5) is 14.3. The van der Waals surface area contributed by atoms with Crippen LogP contribution in [-0.2, 0) is 19.1 Å². The van der Waals surface area contributed by atoms with Crippen molar-refractivity contribution >= 4 is 23.0 Å². The summed E-state index contributed by atoms with van der Waals surface area (Å²) < 4.78 is 7.58. The fourth-order valence-electron chi connectivity index (χ4n) is 3.83. The minimum Gasteiger partial charge on any atom is -0.477 e. The average Bonchev–Trinajstić information content (AvgIpc) is 3.42. The van der Waals surface area contributed by atoms with E-state index in [0.29, 0.717) is 18.4 Å². The van der Waals surface area contributed by atoms with Crippen LogP contribution in [0.4, 0.5) is 11.6 Å². The Hall–Kier alpha value is -3.30. The Kier molecular flexibility index (Phi) is 5.82. The van der Waals surface area contributed by atoms with E-state index in [-0.39, 0.29) is 0 Å². The molecule has 1 aliphatic rings. The van der Waals surface area contributed by atoms with E-state index in [1.807, 2.05) is 31.7 Å². The number of thiazole rings is 1. The van der Waals surface area contributed by atoms with Crippen molar-refractivity contribution in [3.8, 4) is 16.3 Å². The number of ether oxygens (including phenoxy) is 1. The third kappa shape index (κ3) is 4.89. The van der Waals surface area contributed by atoms with E-state index in [4.69, 9.17) is 4.74 Å². The lowest BCUT2D eigenvalue weighted by Gasteiger charge is -2.34. The van der Waals surface area contributed by atoms with Gasteiger partial charge < -0.3 is 15.2 Å². The molecule has 0 spiro atoms. The van der Waals surface area contributed by atoms with Gasteiger partial charge in [-0.2, -0.15) is 10.1 Å². The molecule has 4 aromatic rings. The second kappa shape index (κ2) is 8.92. The van der Waals surface area contributed by atoms with Crippen LogP contribution in [0, 0.1) is 6.92 Å². The summed E-state index contributed by atoms with van der Waals surface area (Å²) in [6.45, 7) is 2.56. The molecule has 0 atom stereocenters. The van der Waals surface area contributed by atoms with Crippen LogP contribution < -0.4 is 10.1 Å². The van der Waals surface area contributed by atoms with Gasteiger partial charge in [0.15, 0.2) is 0 Å². The van der Waals surface area contributed by atoms with Gasteiger partial charge in [-0.3, -0.25) is 4.68 Å². The molecule has 0 unspecified atom stereocenters. The Labute approximate surface area is 196 Å². The maximum Gasteiger partial charge on any atom is 0.230 e. The zero-order chi connectivity index (χ0) is 22.8. The molecule has 3 heterocycles. The number of aryl methyl sites for hydroxylation is 2. The number of hydrogen-bond acceptors (Lipinski definition) is 8. The van der Waals surface area contributed by atoms with Crippen molar-refractivity contribution in [3.05, 3.63) is 65.2 Å². The zero-order valence-electron chi connectivity index (χ0n) is 18.7. The van der Waals surface area contributed by atoms with Crippen LogP contribution in [0.2, 0.25) is 0 Å². The van der Waals surface area contributed by atoms with Gasteiger partial charge in [-0.25, -0.2) is 9.97 Å². The zero-order valence-corrected chi connectivity index (χ0v) is 19.5. The van der Waals surface area contributed by atoms with Crippen LogP contribution in [0.1, 0.15) is 35.4 Å². The molecule has 0 aliphatic heterocycles. The van der Waals surface area contributed by atoms with Gasteiger partial charge in [0.1, 0.15) is 10.6 Å². The van der Waals surface area contributed by atoms with Gasteiger partial charge in [0, 0.05) is 43.8 Å². The molecule has 2 N–H and O–H groups in total. The molecule has 170 valence electrons. The highest BCUT2D eigenvalue weighted by Gasteiger charge is 2.39. The Bertz CT molecular complexity index is 1260. The number of nitrogens with one attached hydrogen (secondary N) is 1. The van der Waals surface area contributed by atoms with E-state index in [1.54, 1.807) is 28.3 Å². The molecule has 0 saturated heterocycles. The molecule has 0 radical (unpaired) electrons. The summed E-state index contributed by atoms with van der Waals surface area (Å²) >= 11 is 1.56. The number of anilines is 2. The third-order valence-electron chi connectivity index (χ3n) is 5.73. The van der Waals surface area contributed by atoms with Gasteiger partial charge >= 0.3 is 0 Å². The fourth-order valence-corrected chi connectivity index (χ4v) is 4.88. The molecule has 1 fully saturated rings. The number of benzene rings is 1. The largest absolute Gasteiger partial charge is 0.477 e. The minimum absolute atomic E-state index is 0.471. The Morgan fingerprint density at radius 3 is 2.85 bits per heavy atom. The van der Waals surface area contributed by atoms with Crippen LogP contribution >= 0.6 is 11.3 Å². The second-order valence-electron chi connectivity index (χ2n) is 8.47. The first-order valence-electron chi connectivity index (χ1n) is 11.0. The number of hydrogen-bond donors (Lipinski definition) is 2. The molecule has 5 rings (SSSR count). The first-order valence-corrected chi connectivity index (χ1v) is 11.8. The molecule has 1 saturated carbocycles. The van der Waals surface area contributed by atoms with Crippen molar-refractivity contribution in [1.82, 2.24) is 24.7 Å². The molecule has 1 aromatic carbocycles. The lowest BCUT2D eigenvalue weighted by molar-refractivity contribution is -0.0389. The minimum atomic E-state index is -0.737. The topological polar surface area (TPSA) is 98.0 Å². The average molecular weight is 463 g/mol. The summed E-state index contributed by atoms with van der Waals surface area (Å²) in [6, 6.07) is 7.96. The SMILES string of the molecule is Cc1cc(Nc2nccc(OCCc3cnn(C)c3)n2)cc(-c2cnc(C3(O)CCC3)s2)c1. The van der Waals surface area contributed by atoms with Crippen molar-refractivity contribution in [2.24, 2.45) is 7.05 Å². The Morgan fingerprint density at radius 2 is 2.09 bits per heavy atom. The molecule has 9 heteroatoms. The predicted molar refractivity (Wildman–Crippen MR) is 128 cm³/mol. The smallest absolute Gasteiger partial charge is 0.230 e. The van der Waals surface area contributed by atoms with Crippen LogP contribution in [0.5, 0.6) is 5.88 Å². The Balaban J connectivity index is 1.27. The first kappa shape index (κ1) is 21.5. The van der Waals surface area contributed by atoms with Crippen LogP contribution in [0.15, 0.2) is 49.1 Å². The first-order chi connectivity index (χ1) is 16.0. The molecule has 0 bridgehead atoms. The maximum atomic E-state index is 10.6. The molecule has 3 aromatic heterocycles. The van der Waals surface area contributed by atoms with Gasteiger partial charge in [-0.05, 0) is 55.0 Å². The lowest BCUT2D eigenvalue weighted by Crippen LogP contribution is -2.33. The highest BCUT2D eigenvalue weighted by Crippen LogP contribution is 2.44. The van der Waals surface area contributed by atoms with Crippen LogP contribution in [-0.4, -0.2) is 36.4 Å². The Morgan fingerprint density at radius 1 is 1.21 bits per heavy atom. The summed E-state index contributed by atoms with van der Waals surface area (Å²) in [5.74, 6) is 0.990. The summed E-state index contributed by atoms with van der Waals surface area (Å²) in [6.07, 6.45) is 10.7. The lowest BCUT2D eigenvalue weighted by atomic mass is 9.81. The normalized spacial score (nSPS) is 14.6. The van der Waals surface area contributed by atoms with Crippen molar-refractivity contribution in [2.45, 2.75) is 38.2 Å². The highest BCUT2D eigenvalue weighted by atomic mass is 32.1. The van der Waals surface area contributed by atoms with E-state index >= 15 is 0 Å². The van der Waals surface area contributed by atoms with Crippen LogP contribution in [0.25, 0.3) is 10.4 Å². The number of aromatic nitrogens is 5. The quantitative estimate of drug-likeness (QED) is 0.401. The maximum absolute atomic E-state index is 10.6. The standard InChI is InChI=1S/C24H26N6O2S/c1-16-10-18(20-14-26-22(33-20)24(31)6-3-7-24)12-19(11-16)28-23-25-8-4-21(29-23)32-9-5-17-13-27-30(2)15-17/h4,8,10-15,31H,3,5-7,9H2,1-2H3,(H,25,28,29). The van der Waals surface area contributed by atoms with Gasteiger partial charge in [0.2, 0.25) is 11.8 Å². The molecule has 33 heavy (non-hydrogen) atoms. The van der Waals surface area contributed by atoms with E-state index in [2.05, 4.69) is 44.4 Å². The van der Waals surface area contributed by atoms with Crippen molar-refractivity contribution in [2.75, 3.05) is 11.9 Å². The molecular formula is C24H26N6O2S. The highest BCUT2D eigenvalue weighted by molar-refractivity contribution is 7.15. The summed E-state index contributed by atoms with van der Waals surface area (Å²) in [7, 11) is 1.90. The van der Waals surface area contributed by atoms with Crippen molar-refractivity contribution in [3.63, 3.8) is 0 Å². The summed E-state index contributed by atoms with van der Waals surface area (Å²) in [5, 5.41) is 18.9. The number of rotatable bonds is 8. The second-order valence-corrected chi connectivity index (χ2v) is 9.50. The fraction of sp³-hybridized carbons (Fsp3) is 0.333. The predicted octanol–water partition coefficient (Wildman–Crippen LogP) is 4.38. The van der Waals surface area contributed by atoms with Crippen molar-refractivity contribution in [1.29, 1.82) is 0 Å². The monoisotopic (exact) mass is 462 g/mol. The third-order valence-corrected chi connectivity index (χ3v) is 6.97. The number of aliphatic hydroxyl groups is 1. The molecule has 1 aliphatic carbocycles. The van der Waals surface area contributed by atoms with E-state index in [9.17, 15) is 5.11 Å². The van der Waals surface area contributed by atoms with E-state index in [0.717, 1.165) is 57.9 Å². The molecule has 8 nitrogen and oxygen atoms in total. The van der Waals surface area contributed by atoms with E-state index < -0.39 is 5.60 Å². The number of nitrogens with zero attached hydrogens (tertiary/aromatic N) is 5. The summed E-state index contributed by atoms with van der Waals surface area (Å²) in [5.41, 5.74) is 3.42. The van der Waals surface area contributed by atoms with Gasteiger partial charge in [-0.15, -0.1) is 11.3 Å². The van der Waals surface area contributed by atoms with E-state index in [1.165, 1.54) is 0 Å². The molecule has 0 amide bonds. The van der Waals surface area contributed by atoms with Crippen LogP contribution in [0.3, 0.4) is 0 Å². The van der Waals surface area contributed by atoms with Gasteiger partial charge in [0.05, 0.1) is 17.7 Å². The molecular weight excluding hydrogens is 436 g/mol.